The Morgan fingerprint density at radius 2 is 0.809 bits per heavy atom. The van der Waals surface area contributed by atoms with Gasteiger partial charge in [-0.05, 0) is 63.6 Å². The van der Waals surface area contributed by atoms with Crippen LogP contribution in [0.25, 0.3) is 44.8 Å². The molecule has 2 heteroatoms. The molecule has 3 aliphatic rings. The van der Waals surface area contributed by atoms with E-state index in [0.29, 0.717) is 0 Å². The second kappa shape index (κ2) is 10.6. The van der Waals surface area contributed by atoms with Crippen molar-refractivity contribution in [2.24, 2.45) is 0 Å². The molecule has 0 N–H and O–H groups in total. The molecular weight excluding hydrogens is 569 g/mol. The fourth-order valence-electron chi connectivity index (χ4n) is 7.66. The maximum absolute atomic E-state index is 5.48. The number of hydrogen-bond donors (Lipinski definition) is 0. The average molecular weight is 601 g/mol. The van der Waals surface area contributed by atoms with Gasteiger partial charge >= 0.3 is 0 Å². The van der Waals surface area contributed by atoms with E-state index in [1.54, 1.807) is 0 Å². The van der Waals surface area contributed by atoms with E-state index in [9.17, 15) is 0 Å². The van der Waals surface area contributed by atoms with Crippen molar-refractivity contribution in [3.63, 3.8) is 0 Å². The summed E-state index contributed by atoms with van der Waals surface area (Å²) >= 11 is 0. The third-order valence-corrected chi connectivity index (χ3v) is 10.1. The topological polar surface area (TPSA) is 25.8 Å². The quantitative estimate of drug-likeness (QED) is 0.184. The molecule has 1 heterocycles. The molecule has 2 bridgehead atoms. The van der Waals surface area contributed by atoms with Crippen molar-refractivity contribution in [3.8, 4) is 44.8 Å². The van der Waals surface area contributed by atoms with E-state index in [0.717, 1.165) is 28.3 Å². The van der Waals surface area contributed by atoms with Crippen molar-refractivity contribution in [1.29, 1.82) is 0 Å². The Morgan fingerprint density at radius 3 is 1.45 bits per heavy atom. The average Bonchev–Trinajstić information content (AvgIpc) is 3.16. The first-order valence-electron chi connectivity index (χ1n) is 16.3. The van der Waals surface area contributed by atoms with Crippen LogP contribution in [0.5, 0.6) is 0 Å². The number of hydrogen-bond acceptors (Lipinski definition) is 2. The van der Waals surface area contributed by atoms with Crippen LogP contribution >= 0.6 is 0 Å². The molecule has 0 aliphatic heterocycles. The number of rotatable bonds is 5. The van der Waals surface area contributed by atoms with Crippen molar-refractivity contribution in [1.82, 2.24) is 9.97 Å². The van der Waals surface area contributed by atoms with Crippen molar-refractivity contribution < 1.29 is 0 Å². The van der Waals surface area contributed by atoms with Gasteiger partial charge in [-0.1, -0.05) is 164 Å². The van der Waals surface area contributed by atoms with Crippen LogP contribution in [0.1, 0.15) is 35.0 Å². The highest BCUT2D eigenvalue weighted by Crippen LogP contribution is 2.58. The number of aromatic nitrogens is 2. The summed E-state index contributed by atoms with van der Waals surface area (Å²) in [6.07, 6.45) is 4.76. The third kappa shape index (κ3) is 4.26. The predicted molar refractivity (Wildman–Crippen MR) is 192 cm³/mol. The van der Waals surface area contributed by atoms with Crippen molar-refractivity contribution in [2.45, 2.75) is 17.8 Å². The molecule has 222 valence electrons. The second-order valence-corrected chi connectivity index (χ2v) is 12.8. The Bertz CT molecular complexity index is 2290. The predicted octanol–water partition coefficient (Wildman–Crippen LogP) is 10.7. The second-order valence-electron chi connectivity index (χ2n) is 12.8. The van der Waals surface area contributed by atoms with Gasteiger partial charge in [-0.25, -0.2) is 9.97 Å². The van der Waals surface area contributed by atoms with Crippen LogP contribution in [-0.2, 0) is 10.8 Å². The fourth-order valence-corrected chi connectivity index (χ4v) is 7.66. The summed E-state index contributed by atoms with van der Waals surface area (Å²) in [6, 6.07) is 58.4. The monoisotopic (exact) mass is 600 g/mol. The molecule has 0 spiro atoms. The van der Waals surface area contributed by atoms with Gasteiger partial charge in [-0.3, -0.25) is 0 Å². The molecule has 0 radical (unpaired) electrons. The van der Waals surface area contributed by atoms with Gasteiger partial charge in [-0.2, -0.15) is 0 Å². The molecule has 0 saturated carbocycles. The molecule has 2 atom stereocenters. The van der Waals surface area contributed by atoms with Crippen LogP contribution in [-0.4, -0.2) is 9.97 Å². The zero-order valence-electron chi connectivity index (χ0n) is 26.1. The highest BCUT2D eigenvalue weighted by atomic mass is 14.9. The summed E-state index contributed by atoms with van der Waals surface area (Å²) in [6.45, 7) is 2.34. The number of allylic oxidation sites excluding steroid dienone is 2. The Morgan fingerprint density at radius 1 is 0.362 bits per heavy atom. The third-order valence-electron chi connectivity index (χ3n) is 10.1. The standard InChI is InChI=1S/C45H32N2/c1-44-27-28-45(39-20-12-11-19-37(39)44,40-29-36(25-26-38(40)44)32-15-7-3-8-16-32)43-46-41(34-17-9-4-10-18-34)30-42(47-43)35-23-21-33(22-24-35)31-13-5-2-6-14-31/h2-30H,1H3. The Hall–Kier alpha value is -5.86. The molecule has 2 nitrogen and oxygen atoms in total. The summed E-state index contributed by atoms with van der Waals surface area (Å²) in [5, 5.41) is 0. The SMILES string of the molecule is CC12C=CC(c3nc(-c4ccccc4)cc(-c4ccc(-c5ccccc5)cc4)n3)(c3ccccc31)c1cc(-c3ccccc3)ccc12. The van der Waals surface area contributed by atoms with E-state index in [2.05, 4.69) is 183 Å². The molecule has 10 rings (SSSR count). The van der Waals surface area contributed by atoms with E-state index in [1.165, 1.54) is 44.5 Å². The van der Waals surface area contributed by atoms with Gasteiger partial charge in [0.1, 0.15) is 5.82 Å². The first-order valence-corrected chi connectivity index (χ1v) is 16.3. The lowest BCUT2D eigenvalue weighted by atomic mass is 9.53. The molecular formula is C45H32N2. The van der Waals surface area contributed by atoms with Crippen LogP contribution in [0.2, 0.25) is 0 Å². The van der Waals surface area contributed by atoms with Crippen LogP contribution in [0.4, 0.5) is 0 Å². The van der Waals surface area contributed by atoms with E-state index in [-0.39, 0.29) is 5.41 Å². The van der Waals surface area contributed by atoms with E-state index < -0.39 is 5.41 Å². The minimum absolute atomic E-state index is 0.240. The molecule has 3 aliphatic carbocycles. The van der Waals surface area contributed by atoms with Gasteiger partial charge in [0, 0.05) is 16.5 Å². The highest BCUT2D eigenvalue weighted by Gasteiger charge is 2.53. The van der Waals surface area contributed by atoms with E-state index in [1.807, 2.05) is 0 Å². The van der Waals surface area contributed by atoms with Gasteiger partial charge in [0.05, 0.1) is 16.8 Å². The molecule has 7 aromatic rings. The molecule has 0 saturated heterocycles. The zero-order chi connectivity index (χ0) is 31.4. The maximum atomic E-state index is 5.48. The van der Waals surface area contributed by atoms with Crippen LogP contribution < -0.4 is 0 Å². The zero-order valence-corrected chi connectivity index (χ0v) is 26.1. The number of nitrogens with zero attached hydrogens (tertiary/aromatic N) is 2. The summed E-state index contributed by atoms with van der Waals surface area (Å²) in [4.78, 5) is 10.9. The van der Waals surface area contributed by atoms with Crippen LogP contribution in [0.15, 0.2) is 176 Å². The fraction of sp³-hybridized carbons (Fsp3) is 0.0667. The van der Waals surface area contributed by atoms with Crippen molar-refractivity contribution in [3.05, 3.63) is 204 Å². The Balaban J connectivity index is 1.30. The molecule has 2 unspecified atom stereocenters. The molecule has 0 amide bonds. The summed E-state index contributed by atoms with van der Waals surface area (Å²) < 4.78 is 0. The van der Waals surface area contributed by atoms with E-state index >= 15 is 0 Å². The van der Waals surface area contributed by atoms with Gasteiger partial charge in [0.2, 0.25) is 0 Å². The minimum Gasteiger partial charge on any atom is -0.231 e. The smallest absolute Gasteiger partial charge is 0.148 e. The van der Waals surface area contributed by atoms with Gasteiger partial charge in [0.25, 0.3) is 0 Å². The van der Waals surface area contributed by atoms with Gasteiger partial charge in [-0.15, -0.1) is 0 Å². The molecule has 47 heavy (non-hydrogen) atoms. The van der Waals surface area contributed by atoms with E-state index in [4.69, 9.17) is 9.97 Å². The van der Waals surface area contributed by atoms with Crippen LogP contribution in [0, 0.1) is 0 Å². The number of benzene rings is 6. The molecule has 6 aromatic carbocycles. The first kappa shape index (κ1) is 27.5. The van der Waals surface area contributed by atoms with Gasteiger partial charge < -0.3 is 0 Å². The lowest BCUT2D eigenvalue weighted by Gasteiger charge is -2.49. The maximum Gasteiger partial charge on any atom is 0.148 e. The lowest BCUT2D eigenvalue weighted by molar-refractivity contribution is 0.555. The largest absolute Gasteiger partial charge is 0.231 e. The van der Waals surface area contributed by atoms with Crippen molar-refractivity contribution in [2.75, 3.05) is 0 Å². The summed E-state index contributed by atoms with van der Waals surface area (Å²) in [5.41, 5.74) is 13.0. The van der Waals surface area contributed by atoms with Crippen LogP contribution in [0.3, 0.4) is 0 Å². The summed E-state index contributed by atoms with van der Waals surface area (Å²) in [7, 11) is 0. The minimum atomic E-state index is -0.655. The van der Waals surface area contributed by atoms with Gasteiger partial charge in [0.15, 0.2) is 0 Å². The Kier molecular flexibility index (Phi) is 6.20. The van der Waals surface area contributed by atoms with Crippen molar-refractivity contribution >= 4 is 0 Å². The molecule has 0 fully saturated rings. The Labute approximate surface area is 275 Å². The first-order chi connectivity index (χ1) is 23.1. The highest BCUT2D eigenvalue weighted by molar-refractivity contribution is 5.77. The molecule has 1 aromatic heterocycles. The normalized spacial score (nSPS) is 18.8. The summed E-state index contributed by atoms with van der Waals surface area (Å²) in [5.74, 6) is 0.790. The lowest BCUT2D eigenvalue weighted by Crippen LogP contribution is -2.45.